The van der Waals surface area contributed by atoms with Crippen LogP contribution >= 0.6 is 0 Å². The van der Waals surface area contributed by atoms with E-state index in [9.17, 15) is 19.7 Å². The maximum Gasteiger partial charge on any atom is 0.270 e. The highest BCUT2D eigenvalue weighted by molar-refractivity contribution is 6.06. The lowest BCUT2D eigenvalue weighted by molar-refractivity contribution is -0.384. The van der Waals surface area contributed by atoms with Crippen molar-refractivity contribution in [2.45, 2.75) is 0 Å². The molecule has 0 saturated carbocycles. The van der Waals surface area contributed by atoms with Gasteiger partial charge in [-0.2, -0.15) is 0 Å². The van der Waals surface area contributed by atoms with E-state index in [2.05, 4.69) is 41.9 Å². The number of hydrogen-bond donors (Lipinski definition) is 7. The first-order valence-corrected chi connectivity index (χ1v) is 22.1. The van der Waals surface area contributed by atoms with Crippen LogP contribution in [0.5, 0.6) is 0 Å². The highest BCUT2D eigenvalue weighted by Crippen LogP contribution is 2.30. The van der Waals surface area contributed by atoms with Crippen molar-refractivity contribution in [2.75, 3.05) is 37.6 Å². The number of para-hydroxylation sites is 2. The Morgan fingerprint density at radius 2 is 0.819 bits per heavy atom. The highest BCUT2D eigenvalue weighted by Gasteiger charge is 2.13. The molecule has 72 heavy (non-hydrogen) atoms. The van der Waals surface area contributed by atoms with E-state index in [1.54, 1.807) is 60.9 Å². The van der Waals surface area contributed by atoms with Crippen LogP contribution in [0.3, 0.4) is 0 Å². The first kappa shape index (κ1) is 50.4. The number of nitro benzene ring substituents is 1. The maximum atomic E-state index is 12.8. The molecule has 8 N–H and O–H groups in total. The van der Waals surface area contributed by atoms with E-state index in [0.717, 1.165) is 50.7 Å². The van der Waals surface area contributed by atoms with Crippen molar-refractivity contribution in [1.82, 2.24) is 9.97 Å². The fraction of sp³-hybridized carbons (Fsp3) is 0. The van der Waals surface area contributed by atoms with Crippen LogP contribution in [0.2, 0.25) is 0 Å². The summed E-state index contributed by atoms with van der Waals surface area (Å²) in [5, 5.41) is 31.9. The van der Waals surface area contributed by atoms with Gasteiger partial charge in [0.1, 0.15) is 0 Å². The monoisotopic (exact) mass is 990 g/mol. The Kier molecular flexibility index (Phi) is 16.6. The van der Waals surface area contributed by atoms with Gasteiger partial charge in [-0.3, -0.25) is 29.7 Å². The van der Waals surface area contributed by atoms with Gasteiger partial charge in [-0.15, -0.1) is 0 Å². The molecule has 2 amide bonds. The largest absolute Gasteiger partial charge is 1.00 e. The van der Waals surface area contributed by atoms with Crippen molar-refractivity contribution in [3.63, 3.8) is 0 Å². The standard InChI is InChI=1S/C28H21N5O3.C28H23N5O.2ClH/c34-28(32-23-8-4-7-22(17-23)30-20-5-2-1-3-6-20)19-9-11-21(12-10-19)31-27-15-16-29-26-14-13-24(33(35)36)18-25(26)27;29-20-11-14-26-25(17-20)27(15-16-30-26)32-22-12-9-19(10-13-22)28(34)33-24-8-4-7-23(18-24)31-21-5-2-1-3-6-21;;/h1-18,30H,(H,29,31)(H,32,34);1-18,31H,29H2,(H,30,32)(H,33,34);2*1H/p-2. The van der Waals surface area contributed by atoms with E-state index in [1.807, 2.05) is 146 Å². The minimum atomic E-state index is -0.433. The number of pyridine rings is 2. The van der Waals surface area contributed by atoms with Crippen molar-refractivity contribution in [3.8, 4) is 0 Å². The topological polar surface area (TPSA) is 201 Å². The molecule has 0 aliphatic carbocycles. The summed E-state index contributed by atoms with van der Waals surface area (Å²) >= 11 is 0. The van der Waals surface area contributed by atoms with Crippen LogP contribution < -0.4 is 62.4 Å². The van der Waals surface area contributed by atoms with Gasteiger partial charge in [-0.25, -0.2) is 0 Å². The van der Waals surface area contributed by atoms with E-state index in [4.69, 9.17) is 5.73 Å². The Hall–Kier alpha value is -9.50. The number of nitrogens with zero attached hydrogens (tertiary/aromatic N) is 3. The molecule has 358 valence electrons. The number of carbonyl (C=O) groups excluding carboxylic acids is 2. The summed E-state index contributed by atoms with van der Waals surface area (Å²) in [7, 11) is 0. The van der Waals surface area contributed by atoms with Gasteiger partial charge >= 0.3 is 0 Å². The Morgan fingerprint density at radius 3 is 1.28 bits per heavy atom. The van der Waals surface area contributed by atoms with Gasteiger partial charge in [0.25, 0.3) is 17.5 Å². The molecule has 10 rings (SSSR count). The molecule has 2 heterocycles. The second-order valence-electron chi connectivity index (χ2n) is 15.9. The normalized spacial score (nSPS) is 10.3. The molecule has 0 radical (unpaired) electrons. The lowest BCUT2D eigenvalue weighted by Gasteiger charge is -2.11. The van der Waals surface area contributed by atoms with Crippen molar-refractivity contribution in [1.29, 1.82) is 0 Å². The van der Waals surface area contributed by atoms with Gasteiger partial charge in [-0.05, 0) is 146 Å². The van der Waals surface area contributed by atoms with Crippen molar-refractivity contribution in [2.24, 2.45) is 0 Å². The van der Waals surface area contributed by atoms with E-state index in [-0.39, 0.29) is 42.3 Å². The first-order valence-electron chi connectivity index (χ1n) is 22.1. The number of hydrogen-bond acceptors (Lipinski definition) is 11. The minimum Gasteiger partial charge on any atom is -1.00 e. The van der Waals surface area contributed by atoms with E-state index in [1.165, 1.54) is 12.1 Å². The molecular weight excluding hydrogens is 948 g/mol. The quantitative estimate of drug-likeness (QED) is 0.0344. The van der Waals surface area contributed by atoms with Gasteiger partial charge in [-0.1, -0.05) is 48.5 Å². The number of aromatic nitrogens is 2. The van der Waals surface area contributed by atoms with Gasteiger partial charge in [0.2, 0.25) is 0 Å². The molecule has 10 aromatic rings. The van der Waals surface area contributed by atoms with Crippen molar-refractivity contribution in [3.05, 3.63) is 240 Å². The van der Waals surface area contributed by atoms with Gasteiger partial charge in [0.05, 0.1) is 16.0 Å². The highest BCUT2D eigenvalue weighted by atomic mass is 35.5. The average molecular weight is 992 g/mol. The van der Waals surface area contributed by atoms with Crippen molar-refractivity contribution >= 4 is 102 Å². The molecule has 0 atom stereocenters. The van der Waals surface area contributed by atoms with E-state index in [0.29, 0.717) is 44.8 Å². The van der Waals surface area contributed by atoms with Gasteiger partial charge in [0, 0.05) is 109 Å². The molecule has 2 aromatic heterocycles. The smallest absolute Gasteiger partial charge is 0.270 e. The van der Waals surface area contributed by atoms with Crippen LogP contribution in [0.4, 0.5) is 68.2 Å². The Bertz CT molecular complexity index is 3480. The SMILES string of the molecule is Nc1ccc2nccc(Nc3ccc(C(=O)Nc4cccc(Nc5ccccc5)c4)cc3)c2c1.O=C(Nc1cccc(Nc2ccccc2)c1)c1ccc(Nc2ccnc3ccc([N+](=O)[O-])cc23)cc1.[Cl-].[Cl-]. The molecule has 0 saturated heterocycles. The number of fused-ring (bicyclic) bond motifs is 2. The molecule has 0 bridgehead atoms. The third kappa shape index (κ3) is 13.0. The van der Waals surface area contributed by atoms with Crippen LogP contribution in [-0.4, -0.2) is 26.7 Å². The zero-order valence-electron chi connectivity index (χ0n) is 38.1. The van der Waals surface area contributed by atoms with Crippen LogP contribution in [0.15, 0.2) is 219 Å². The first-order chi connectivity index (χ1) is 34.2. The summed E-state index contributed by atoms with van der Waals surface area (Å²) in [6.45, 7) is 0. The molecule has 0 spiro atoms. The van der Waals surface area contributed by atoms with Gasteiger partial charge < -0.3 is 62.4 Å². The van der Waals surface area contributed by atoms with Gasteiger partial charge in [0.15, 0.2) is 0 Å². The van der Waals surface area contributed by atoms with Crippen LogP contribution in [0.25, 0.3) is 21.8 Å². The Balaban J connectivity index is 0.000000206. The number of anilines is 11. The number of rotatable bonds is 13. The number of nitrogens with two attached hydrogens (primary N) is 1. The summed E-state index contributed by atoms with van der Waals surface area (Å²) < 4.78 is 0. The number of benzene rings is 8. The third-order valence-corrected chi connectivity index (χ3v) is 10.9. The Morgan fingerprint density at radius 1 is 0.417 bits per heavy atom. The molecular formula is C56H44Cl2N10O4-2. The Labute approximate surface area is 426 Å². The summed E-state index contributed by atoms with van der Waals surface area (Å²) in [6.07, 6.45) is 3.39. The van der Waals surface area contributed by atoms with Crippen molar-refractivity contribution < 1.29 is 39.3 Å². The second kappa shape index (κ2) is 23.7. The maximum absolute atomic E-state index is 12.8. The number of halogens is 2. The number of nitrogens with one attached hydrogen (secondary N) is 6. The number of amides is 2. The fourth-order valence-electron chi connectivity index (χ4n) is 7.48. The van der Waals surface area contributed by atoms with E-state index >= 15 is 0 Å². The van der Waals surface area contributed by atoms with E-state index < -0.39 is 4.92 Å². The summed E-state index contributed by atoms with van der Waals surface area (Å²) in [4.78, 5) is 45.0. The summed E-state index contributed by atoms with van der Waals surface area (Å²) in [5.41, 5.74) is 17.5. The predicted octanol–water partition coefficient (Wildman–Crippen LogP) is 7.45. The predicted molar refractivity (Wildman–Crippen MR) is 282 cm³/mol. The molecule has 0 fully saturated rings. The van der Waals surface area contributed by atoms with Crippen LogP contribution in [0.1, 0.15) is 20.7 Å². The molecule has 14 nitrogen and oxygen atoms in total. The lowest BCUT2D eigenvalue weighted by atomic mass is 10.1. The second-order valence-corrected chi connectivity index (χ2v) is 15.9. The summed E-state index contributed by atoms with van der Waals surface area (Å²) in [6, 6.07) is 63.0. The zero-order valence-corrected chi connectivity index (χ0v) is 39.6. The molecule has 8 aromatic carbocycles. The number of non-ortho nitro benzene ring substituents is 1. The molecule has 16 heteroatoms. The number of nitrogen functional groups attached to an aromatic ring is 1. The minimum absolute atomic E-state index is 0. The summed E-state index contributed by atoms with van der Waals surface area (Å²) in [5.74, 6) is -0.408. The zero-order chi connectivity index (χ0) is 48.2. The lowest BCUT2D eigenvalue weighted by Crippen LogP contribution is -3.00. The van der Waals surface area contributed by atoms with Crippen LogP contribution in [0, 0.1) is 10.1 Å². The third-order valence-electron chi connectivity index (χ3n) is 10.9. The molecule has 0 aliphatic heterocycles. The average Bonchev–Trinajstić information content (AvgIpc) is 3.38. The molecule has 0 aliphatic rings. The molecule has 0 unspecified atom stereocenters. The number of nitro groups is 1. The van der Waals surface area contributed by atoms with Crippen LogP contribution in [-0.2, 0) is 0 Å². The number of carbonyl (C=O) groups is 2. The fourth-order valence-corrected chi connectivity index (χ4v) is 7.48.